The lowest BCUT2D eigenvalue weighted by atomic mass is 9.96. The van der Waals surface area contributed by atoms with Gasteiger partial charge in [0.25, 0.3) is 0 Å². The highest BCUT2D eigenvalue weighted by molar-refractivity contribution is 5.85. The number of likely N-dealkylation sites (tertiary alicyclic amines) is 1. The first-order valence-electron chi connectivity index (χ1n) is 7.11. The van der Waals surface area contributed by atoms with E-state index in [1.165, 1.54) is 13.0 Å². The van der Waals surface area contributed by atoms with Gasteiger partial charge >= 0.3 is 0 Å². The van der Waals surface area contributed by atoms with Crippen molar-refractivity contribution in [1.29, 1.82) is 0 Å². The fraction of sp³-hybridized carbons (Fsp3) is 0.846. The summed E-state index contributed by atoms with van der Waals surface area (Å²) >= 11 is 0. The van der Waals surface area contributed by atoms with E-state index in [4.69, 9.17) is 5.73 Å². The third-order valence-corrected chi connectivity index (χ3v) is 3.47. The number of piperidine rings is 1. The van der Waals surface area contributed by atoms with Crippen molar-refractivity contribution < 1.29 is 9.59 Å². The van der Waals surface area contributed by atoms with E-state index in [0.717, 1.165) is 25.9 Å². The largest absolute Gasteiger partial charge is 0.354 e. The number of nitrogens with two attached hydrogens (primary N) is 1. The van der Waals surface area contributed by atoms with Crippen LogP contribution in [0, 0.1) is 5.92 Å². The van der Waals surface area contributed by atoms with E-state index in [9.17, 15) is 9.59 Å². The van der Waals surface area contributed by atoms with Gasteiger partial charge in [0.1, 0.15) is 0 Å². The summed E-state index contributed by atoms with van der Waals surface area (Å²) in [6, 6.07) is 0. The maximum absolute atomic E-state index is 11.5. The summed E-state index contributed by atoms with van der Waals surface area (Å²) in [6.07, 6.45) is 3.47. The van der Waals surface area contributed by atoms with Crippen LogP contribution in [0.25, 0.3) is 0 Å². The second kappa shape index (κ2) is 8.87. The topological polar surface area (TPSA) is 87.5 Å². The summed E-state index contributed by atoms with van der Waals surface area (Å²) in [5.74, 6) is 0.114. The molecule has 0 aromatic carbocycles. The number of carbonyl (C=O) groups is 2. The molecule has 0 aliphatic carbocycles. The molecule has 0 aromatic heterocycles. The van der Waals surface area contributed by atoms with Crippen molar-refractivity contribution in [1.82, 2.24) is 15.5 Å². The summed E-state index contributed by atoms with van der Waals surface area (Å²) in [4.78, 5) is 24.9. The molecule has 0 radical (unpaired) electrons. The van der Waals surface area contributed by atoms with Crippen LogP contribution < -0.4 is 16.4 Å². The van der Waals surface area contributed by atoms with Gasteiger partial charge in [-0.25, -0.2) is 0 Å². The van der Waals surface area contributed by atoms with Crippen molar-refractivity contribution in [2.24, 2.45) is 11.7 Å². The second-order valence-electron chi connectivity index (χ2n) is 5.07. The van der Waals surface area contributed by atoms with E-state index < -0.39 is 0 Å². The predicted octanol–water partition coefficient (Wildman–Crippen LogP) is -0.700. The Morgan fingerprint density at radius 1 is 1.21 bits per heavy atom. The van der Waals surface area contributed by atoms with E-state index in [-0.39, 0.29) is 24.9 Å². The van der Waals surface area contributed by atoms with Crippen molar-refractivity contribution in [3.8, 4) is 0 Å². The Morgan fingerprint density at radius 3 is 2.47 bits per heavy atom. The zero-order chi connectivity index (χ0) is 14.1. The zero-order valence-electron chi connectivity index (χ0n) is 11.8. The molecule has 0 spiro atoms. The minimum Gasteiger partial charge on any atom is -0.354 e. The molecule has 4 N–H and O–H groups in total. The lowest BCUT2D eigenvalue weighted by Gasteiger charge is -2.31. The minimum absolute atomic E-state index is 0.0186. The number of hydrogen-bond acceptors (Lipinski definition) is 4. The standard InChI is InChI=1S/C13H26N4O2/c1-2-5-17-6-3-11(4-7-17)9-15-13(19)10-16-12(18)8-14/h11H,2-10,14H2,1H3,(H,15,19)(H,16,18). The minimum atomic E-state index is -0.303. The van der Waals surface area contributed by atoms with E-state index in [0.29, 0.717) is 12.5 Å². The average Bonchev–Trinajstić information content (AvgIpc) is 2.44. The maximum Gasteiger partial charge on any atom is 0.239 e. The van der Waals surface area contributed by atoms with Gasteiger partial charge in [0.15, 0.2) is 0 Å². The number of hydrogen-bond donors (Lipinski definition) is 3. The highest BCUT2D eigenvalue weighted by atomic mass is 16.2. The predicted molar refractivity (Wildman–Crippen MR) is 74.5 cm³/mol. The van der Waals surface area contributed by atoms with Crippen LogP contribution in [0.2, 0.25) is 0 Å². The summed E-state index contributed by atoms with van der Waals surface area (Å²) in [5.41, 5.74) is 5.14. The van der Waals surface area contributed by atoms with Gasteiger partial charge in [-0.2, -0.15) is 0 Å². The molecular weight excluding hydrogens is 244 g/mol. The molecule has 19 heavy (non-hydrogen) atoms. The van der Waals surface area contributed by atoms with E-state index >= 15 is 0 Å². The van der Waals surface area contributed by atoms with Gasteiger partial charge in [-0.05, 0) is 44.8 Å². The van der Waals surface area contributed by atoms with Gasteiger partial charge in [0, 0.05) is 6.54 Å². The van der Waals surface area contributed by atoms with Gasteiger partial charge in [0.05, 0.1) is 13.1 Å². The maximum atomic E-state index is 11.5. The molecule has 1 aliphatic rings. The lowest BCUT2D eigenvalue weighted by molar-refractivity contribution is -0.125. The number of amides is 2. The fourth-order valence-corrected chi connectivity index (χ4v) is 2.30. The quantitative estimate of drug-likeness (QED) is 0.571. The molecule has 0 aromatic rings. The van der Waals surface area contributed by atoms with Crippen LogP contribution in [0.1, 0.15) is 26.2 Å². The first-order valence-corrected chi connectivity index (χ1v) is 7.11. The number of rotatable bonds is 7. The van der Waals surface area contributed by atoms with Crippen molar-refractivity contribution in [2.75, 3.05) is 39.3 Å². The van der Waals surface area contributed by atoms with Gasteiger partial charge in [0.2, 0.25) is 11.8 Å². The van der Waals surface area contributed by atoms with Crippen LogP contribution in [-0.4, -0.2) is 56.0 Å². The molecule has 1 fully saturated rings. The van der Waals surface area contributed by atoms with Crippen LogP contribution in [0.5, 0.6) is 0 Å². The lowest BCUT2D eigenvalue weighted by Crippen LogP contribution is -2.43. The first kappa shape index (κ1) is 15.9. The van der Waals surface area contributed by atoms with E-state index in [1.807, 2.05) is 0 Å². The van der Waals surface area contributed by atoms with Crippen molar-refractivity contribution in [2.45, 2.75) is 26.2 Å². The van der Waals surface area contributed by atoms with E-state index in [2.05, 4.69) is 22.5 Å². The Kier molecular flexibility index (Phi) is 7.43. The van der Waals surface area contributed by atoms with Gasteiger partial charge in [-0.15, -0.1) is 0 Å². The van der Waals surface area contributed by atoms with Gasteiger partial charge < -0.3 is 21.3 Å². The third kappa shape index (κ3) is 6.54. The third-order valence-electron chi connectivity index (χ3n) is 3.47. The number of carbonyl (C=O) groups excluding carboxylic acids is 2. The molecule has 0 saturated carbocycles. The van der Waals surface area contributed by atoms with Gasteiger partial charge in [-0.1, -0.05) is 6.92 Å². The Labute approximate surface area is 115 Å². The SMILES string of the molecule is CCCN1CCC(CNC(=O)CNC(=O)CN)CC1. The molecule has 1 rings (SSSR count). The van der Waals surface area contributed by atoms with Crippen molar-refractivity contribution in [3.05, 3.63) is 0 Å². The van der Waals surface area contributed by atoms with Crippen LogP contribution in [-0.2, 0) is 9.59 Å². The Balaban J connectivity index is 2.09. The molecule has 1 saturated heterocycles. The van der Waals surface area contributed by atoms with Crippen LogP contribution >= 0.6 is 0 Å². The zero-order valence-corrected chi connectivity index (χ0v) is 11.8. The molecule has 1 heterocycles. The summed E-state index contributed by atoms with van der Waals surface area (Å²) in [5, 5.41) is 5.33. The van der Waals surface area contributed by atoms with Crippen LogP contribution in [0.15, 0.2) is 0 Å². The second-order valence-corrected chi connectivity index (χ2v) is 5.07. The highest BCUT2D eigenvalue weighted by Gasteiger charge is 2.18. The van der Waals surface area contributed by atoms with Gasteiger partial charge in [-0.3, -0.25) is 9.59 Å². The number of nitrogens with zero attached hydrogens (tertiary/aromatic N) is 1. The highest BCUT2D eigenvalue weighted by Crippen LogP contribution is 2.16. The molecule has 0 bridgehead atoms. The van der Waals surface area contributed by atoms with Crippen molar-refractivity contribution >= 4 is 11.8 Å². The smallest absolute Gasteiger partial charge is 0.239 e. The first-order chi connectivity index (χ1) is 9.15. The molecule has 0 unspecified atom stereocenters. The molecule has 110 valence electrons. The Bertz CT molecular complexity index is 288. The molecule has 2 amide bonds. The van der Waals surface area contributed by atoms with E-state index in [1.54, 1.807) is 0 Å². The average molecular weight is 270 g/mol. The van der Waals surface area contributed by atoms with Crippen LogP contribution in [0.4, 0.5) is 0 Å². The molecule has 1 aliphatic heterocycles. The Hall–Kier alpha value is -1.14. The number of nitrogens with one attached hydrogen (secondary N) is 2. The van der Waals surface area contributed by atoms with Crippen molar-refractivity contribution in [3.63, 3.8) is 0 Å². The Morgan fingerprint density at radius 2 is 1.89 bits per heavy atom. The molecule has 6 heteroatoms. The fourth-order valence-electron chi connectivity index (χ4n) is 2.30. The molecule has 0 atom stereocenters. The molecule has 6 nitrogen and oxygen atoms in total. The monoisotopic (exact) mass is 270 g/mol. The summed E-state index contributed by atoms with van der Waals surface area (Å²) in [6.45, 7) is 6.26. The molecular formula is C13H26N4O2. The van der Waals surface area contributed by atoms with Crippen LogP contribution in [0.3, 0.4) is 0 Å². The summed E-state index contributed by atoms with van der Waals surface area (Å²) in [7, 11) is 0. The normalized spacial score (nSPS) is 17.2. The summed E-state index contributed by atoms with van der Waals surface area (Å²) < 4.78 is 0.